The molecule has 0 atom stereocenters. The summed E-state index contributed by atoms with van der Waals surface area (Å²) >= 11 is 6.20. The van der Waals surface area contributed by atoms with Gasteiger partial charge in [0.1, 0.15) is 0 Å². The maximum Gasteiger partial charge on any atom is 0.257 e. The van der Waals surface area contributed by atoms with Crippen LogP contribution in [0.25, 0.3) is 5.69 Å². The van der Waals surface area contributed by atoms with Crippen LogP contribution in [0.2, 0.25) is 5.02 Å². The zero-order valence-corrected chi connectivity index (χ0v) is 16.9. The van der Waals surface area contributed by atoms with E-state index < -0.39 is 0 Å². The average Bonchev–Trinajstić information content (AvgIpc) is 3.47. The molecule has 144 valence electrons. The van der Waals surface area contributed by atoms with Crippen LogP contribution >= 0.6 is 11.6 Å². The number of hydrogen-bond donors (Lipinski definition) is 0. The van der Waals surface area contributed by atoms with E-state index in [1.54, 1.807) is 0 Å². The monoisotopic (exact) mass is 386 g/mol. The van der Waals surface area contributed by atoms with Crippen LogP contribution in [0.1, 0.15) is 54.4 Å². The first-order chi connectivity index (χ1) is 13.1. The van der Waals surface area contributed by atoms with Crippen LogP contribution in [0, 0.1) is 0 Å². The normalized spacial score (nSPS) is 18.1. The summed E-state index contributed by atoms with van der Waals surface area (Å²) in [6, 6.07) is 7.71. The van der Waals surface area contributed by atoms with Crippen molar-refractivity contribution in [3.8, 4) is 5.69 Å². The van der Waals surface area contributed by atoms with Crippen molar-refractivity contribution in [2.24, 2.45) is 0 Å². The van der Waals surface area contributed by atoms with Crippen LogP contribution in [-0.4, -0.2) is 58.2 Å². The molecular formula is C21H27ClN4O. The third-order valence-electron chi connectivity index (χ3n) is 5.68. The Morgan fingerprint density at radius 2 is 1.93 bits per heavy atom. The molecule has 1 aromatic heterocycles. The average molecular weight is 387 g/mol. The molecule has 0 spiro atoms. The molecule has 2 aromatic rings. The van der Waals surface area contributed by atoms with Crippen molar-refractivity contribution in [3.05, 3.63) is 46.2 Å². The summed E-state index contributed by atoms with van der Waals surface area (Å²) in [7, 11) is 0. The summed E-state index contributed by atoms with van der Waals surface area (Å²) in [5.74, 6) is 0.574. The Morgan fingerprint density at radius 3 is 2.52 bits per heavy atom. The van der Waals surface area contributed by atoms with Crippen LogP contribution in [-0.2, 0) is 6.42 Å². The number of hydrogen-bond acceptors (Lipinski definition) is 3. The van der Waals surface area contributed by atoms with Gasteiger partial charge in [-0.05, 0) is 44.0 Å². The highest BCUT2D eigenvalue weighted by atomic mass is 35.5. The molecule has 1 aromatic carbocycles. The number of piperazine rings is 1. The first-order valence-corrected chi connectivity index (χ1v) is 10.4. The van der Waals surface area contributed by atoms with Gasteiger partial charge in [-0.1, -0.05) is 31.5 Å². The fourth-order valence-electron chi connectivity index (χ4n) is 3.92. The van der Waals surface area contributed by atoms with E-state index in [0.29, 0.717) is 10.9 Å². The largest absolute Gasteiger partial charge is 0.336 e. The fraction of sp³-hybridized carbons (Fsp3) is 0.524. The molecule has 0 N–H and O–H groups in total. The highest BCUT2D eigenvalue weighted by Gasteiger charge is 2.36. The van der Waals surface area contributed by atoms with Crippen molar-refractivity contribution in [2.75, 3.05) is 32.7 Å². The Morgan fingerprint density at radius 1 is 1.19 bits per heavy atom. The lowest BCUT2D eigenvalue weighted by Gasteiger charge is -2.34. The Bertz CT molecular complexity index is 835. The number of amides is 1. The maximum atomic E-state index is 13.5. The minimum Gasteiger partial charge on any atom is -0.336 e. The van der Waals surface area contributed by atoms with Gasteiger partial charge < -0.3 is 9.80 Å². The van der Waals surface area contributed by atoms with Crippen LogP contribution in [0.4, 0.5) is 0 Å². The van der Waals surface area contributed by atoms with E-state index in [1.165, 1.54) is 0 Å². The summed E-state index contributed by atoms with van der Waals surface area (Å²) in [6.45, 7) is 8.80. The summed E-state index contributed by atoms with van der Waals surface area (Å²) in [6.07, 6.45) is 3.02. The van der Waals surface area contributed by atoms with E-state index in [9.17, 15) is 4.79 Å². The molecule has 1 saturated carbocycles. The zero-order chi connectivity index (χ0) is 19.0. The Labute approximate surface area is 165 Å². The fourth-order valence-corrected chi connectivity index (χ4v) is 4.11. The van der Waals surface area contributed by atoms with Gasteiger partial charge in [-0.15, -0.1) is 0 Å². The molecule has 0 radical (unpaired) electrons. The van der Waals surface area contributed by atoms with Crippen molar-refractivity contribution in [1.29, 1.82) is 0 Å². The molecule has 1 saturated heterocycles. The number of aromatic nitrogens is 2. The van der Waals surface area contributed by atoms with Gasteiger partial charge in [0, 0.05) is 37.1 Å². The van der Waals surface area contributed by atoms with E-state index in [-0.39, 0.29) is 5.91 Å². The van der Waals surface area contributed by atoms with Gasteiger partial charge in [0.2, 0.25) is 0 Å². The molecule has 6 heteroatoms. The smallest absolute Gasteiger partial charge is 0.257 e. The highest BCUT2D eigenvalue weighted by molar-refractivity contribution is 6.30. The molecule has 2 heterocycles. The van der Waals surface area contributed by atoms with Crippen LogP contribution in [0.5, 0.6) is 0 Å². The van der Waals surface area contributed by atoms with Crippen molar-refractivity contribution in [3.63, 3.8) is 0 Å². The summed E-state index contributed by atoms with van der Waals surface area (Å²) < 4.78 is 1.94. The van der Waals surface area contributed by atoms with Crippen molar-refractivity contribution in [2.45, 2.75) is 39.0 Å². The lowest BCUT2D eigenvalue weighted by Crippen LogP contribution is -2.48. The Kier molecular flexibility index (Phi) is 5.24. The second-order valence-corrected chi connectivity index (χ2v) is 7.89. The predicted octanol–water partition coefficient (Wildman–Crippen LogP) is 3.74. The van der Waals surface area contributed by atoms with E-state index in [2.05, 4.69) is 18.7 Å². The minimum atomic E-state index is 0.151. The highest BCUT2D eigenvalue weighted by Crippen LogP contribution is 2.42. The number of carbonyl (C=O) groups is 1. The molecule has 4 rings (SSSR count). The van der Waals surface area contributed by atoms with Gasteiger partial charge in [-0.2, -0.15) is 5.10 Å². The molecule has 2 fully saturated rings. The SMILES string of the molecule is CCc1c(C(=O)N2CCN(CC)CC2)c(C2CC2)nn1-c1cccc(Cl)c1. The number of rotatable bonds is 5. The molecule has 27 heavy (non-hydrogen) atoms. The molecule has 1 aliphatic carbocycles. The topological polar surface area (TPSA) is 41.4 Å². The maximum absolute atomic E-state index is 13.5. The molecule has 2 aliphatic rings. The van der Waals surface area contributed by atoms with Crippen molar-refractivity contribution < 1.29 is 4.79 Å². The lowest BCUT2D eigenvalue weighted by atomic mass is 10.1. The molecule has 5 nitrogen and oxygen atoms in total. The number of benzene rings is 1. The van der Waals surface area contributed by atoms with Gasteiger partial charge in [0.15, 0.2) is 0 Å². The summed E-state index contributed by atoms with van der Waals surface area (Å²) in [5, 5.41) is 5.58. The second-order valence-electron chi connectivity index (χ2n) is 7.45. The second kappa shape index (κ2) is 7.64. The first kappa shape index (κ1) is 18.5. The van der Waals surface area contributed by atoms with Crippen molar-refractivity contribution >= 4 is 17.5 Å². The lowest BCUT2D eigenvalue weighted by molar-refractivity contribution is 0.0641. The molecular weight excluding hydrogens is 360 g/mol. The number of carbonyl (C=O) groups excluding carboxylic acids is 1. The number of nitrogens with zero attached hydrogens (tertiary/aromatic N) is 4. The first-order valence-electron chi connectivity index (χ1n) is 10.0. The Balaban J connectivity index is 1.72. The van der Waals surface area contributed by atoms with Crippen LogP contribution in [0.3, 0.4) is 0 Å². The van der Waals surface area contributed by atoms with Gasteiger partial charge in [0.25, 0.3) is 5.91 Å². The van der Waals surface area contributed by atoms with Crippen LogP contribution < -0.4 is 0 Å². The minimum absolute atomic E-state index is 0.151. The van der Waals surface area contributed by atoms with Gasteiger partial charge in [-0.25, -0.2) is 4.68 Å². The zero-order valence-electron chi connectivity index (χ0n) is 16.1. The van der Waals surface area contributed by atoms with Gasteiger partial charge in [0.05, 0.1) is 22.6 Å². The predicted molar refractivity (Wildman–Crippen MR) is 108 cm³/mol. The standard InChI is InChI=1S/C21H27ClN4O/c1-3-18-19(21(27)25-12-10-24(4-2)11-13-25)20(15-8-9-15)23-26(18)17-7-5-6-16(22)14-17/h5-7,14-15H,3-4,8-13H2,1-2H3. The Hall–Kier alpha value is -1.85. The van der Waals surface area contributed by atoms with E-state index >= 15 is 0 Å². The molecule has 0 bridgehead atoms. The third-order valence-corrected chi connectivity index (χ3v) is 5.92. The van der Waals surface area contributed by atoms with E-state index in [4.69, 9.17) is 16.7 Å². The number of halogens is 1. The molecule has 0 unspecified atom stereocenters. The third kappa shape index (κ3) is 3.63. The summed E-state index contributed by atoms with van der Waals surface area (Å²) in [5.41, 5.74) is 3.75. The quantitative estimate of drug-likeness (QED) is 0.785. The number of likely N-dealkylation sites (N-methyl/N-ethyl adjacent to an activating group) is 1. The van der Waals surface area contributed by atoms with E-state index in [0.717, 1.165) is 74.6 Å². The van der Waals surface area contributed by atoms with Crippen molar-refractivity contribution in [1.82, 2.24) is 19.6 Å². The molecule has 1 aliphatic heterocycles. The van der Waals surface area contributed by atoms with Crippen LogP contribution in [0.15, 0.2) is 24.3 Å². The van der Waals surface area contributed by atoms with Gasteiger partial charge in [-0.3, -0.25) is 4.79 Å². The van der Waals surface area contributed by atoms with E-state index in [1.807, 2.05) is 33.8 Å². The summed E-state index contributed by atoms with van der Waals surface area (Å²) in [4.78, 5) is 17.9. The molecule has 1 amide bonds. The van der Waals surface area contributed by atoms with Gasteiger partial charge >= 0.3 is 0 Å².